The van der Waals surface area contributed by atoms with Crippen molar-refractivity contribution in [3.63, 3.8) is 0 Å². The van der Waals surface area contributed by atoms with E-state index in [0.717, 1.165) is 6.20 Å². The molecule has 10 heteroatoms. The van der Waals surface area contributed by atoms with Crippen molar-refractivity contribution < 1.29 is 18.0 Å². The Labute approximate surface area is 117 Å². The van der Waals surface area contributed by atoms with E-state index in [1.165, 1.54) is 17.1 Å². The number of carbonyl (C=O) groups excluding carboxylic acids is 1. The van der Waals surface area contributed by atoms with E-state index in [9.17, 15) is 18.0 Å². The van der Waals surface area contributed by atoms with Crippen molar-refractivity contribution in [3.05, 3.63) is 24.3 Å². The molecular weight excluding hydrogens is 289 g/mol. The number of hydrogen-bond acceptors (Lipinski definition) is 4. The Kier molecular flexibility index (Phi) is 3.96. The standard InChI is InChI=1S/C11H13F3N6O/c1-7(2)20-6-15-10(18-20)16-9(21)8-3-4-19(17-8)5-11(12,13)14/h3-4,6-7H,5H2,1-2H3,(H,16,18,21). The maximum atomic E-state index is 12.2. The minimum absolute atomic E-state index is 0.0686. The molecule has 0 fully saturated rings. The first kappa shape index (κ1) is 15.0. The second kappa shape index (κ2) is 5.54. The van der Waals surface area contributed by atoms with Gasteiger partial charge in [-0.15, -0.1) is 5.10 Å². The van der Waals surface area contributed by atoms with Crippen LogP contribution in [0.25, 0.3) is 0 Å². The minimum atomic E-state index is -4.39. The summed E-state index contributed by atoms with van der Waals surface area (Å²) in [5.41, 5.74) is -0.139. The molecule has 0 radical (unpaired) electrons. The van der Waals surface area contributed by atoms with Crippen molar-refractivity contribution in [2.75, 3.05) is 5.32 Å². The number of aromatic nitrogens is 5. The lowest BCUT2D eigenvalue weighted by Gasteiger charge is -2.05. The highest BCUT2D eigenvalue weighted by atomic mass is 19.4. The summed E-state index contributed by atoms with van der Waals surface area (Å²) >= 11 is 0. The molecule has 0 saturated heterocycles. The van der Waals surface area contributed by atoms with Gasteiger partial charge < -0.3 is 0 Å². The number of carbonyl (C=O) groups is 1. The van der Waals surface area contributed by atoms with E-state index in [2.05, 4.69) is 20.5 Å². The van der Waals surface area contributed by atoms with Crippen LogP contribution >= 0.6 is 0 Å². The van der Waals surface area contributed by atoms with E-state index in [0.29, 0.717) is 4.68 Å². The quantitative estimate of drug-likeness (QED) is 0.935. The Balaban J connectivity index is 2.03. The topological polar surface area (TPSA) is 77.6 Å². The predicted molar refractivity (Wildman–Crippen MR) is 66.6 cm³/mol. The smallest absolute Gasteiger partial charge is 0.288 e. The summed E-state index contributed by atoms with van der Waals surface area (Å²) in [7, 11) is 0. The third-order valence-electron chi connectivity index (χ3n) is 2.48. The van der Waals surface area contributed by atoms with Gasteiger partial charge in [-0.25, -0.2) is 9.67 Å². The fourth-order valence-electron chi connectivity index (χ4n) is 1.50. The lowest BCUT2D eigenvalue weighted by atomic mass is 10.4. The molecule has 2 rings (SSSR count). The van der Waals surface area contributed by atoms with Crippen molar-refractivity contribution in [2.45, 2.75) is 32.6 Å². The van der Waals surface area contributed by atoms with Gasteiger partial charge in [-0.1, -0.05) is 0 Å². The molecule has 0 aromatic carbocycles. The van der Waals surface area contributed by atoms with Gasteiger partial charge in [-0.05, 0) is 19.9 Å². The summed E-state index contributed by atoms with van der Waals surface area (Å²) in [5, 5.41) is 9.93. The zero-order valence-electron chi connectivity index (χ0n) is 11.3. The van der Waals surface area contributed by atoms with Crippen LogP contribution < -0.4 is 5.32 Å². The van der Waals surface area contributed by atoms with E-state index in [1.54, 1.807) is 0 Å². The van der Waals surface area contributed by atoms with Crippen molar-refractivity contribution in [1.29, 1.82) is 0 Å². The number of anilines is 1. The van der Waals surface area contributed by atoms with E-state index in [4.69, 9.17) is 0 Å². The van der Waals surface area contributed by atoms with Crippen molar-refractivity contribution in [2.24, 2.45) is 0 Å². The molecule has 1 N–H and O–H groups in total. The summed E-state index contributed by atoms with van der Waals surface area (Å²) in [6.45, 7) is 2.53. The molecule has 7 nitrogen and oxygen atoms in total. The van der Waals surface area contributed by atoms with E-state index in [1.807, 2.05) is 13.8 Å². The number of nitrogens with zero attached hydrogens (tertiary/aromatic N) is 5. The van der Waals surface area contributed by atoms with Gasteiger partial charge in [0.25, 0.3) is 5.91 Å². The van der Waals surface area contributed by atoms with Crippen molar-refractivity contribution in [3.8, 4) is 0 Å². The van der Waals surface area contributed by atoms with E-state index < -0.39 is 18.6 Å². The average molecular weight is 302 g/mol. The van der Waals surface area contributed by atoms with Crippen LogP contribution in [0.5, 0.6) is 0 Å². The average Bonchev–Trinajstić information content (AvgIpc) is 2.96. The monoisotopic (exact) mass is 302 g/mol. The first-order chi connectivity index (χ1) is 9.74. The number of alkyl halides is 3. The highest BCUT2D eigenvalue weighted by molar-refractivity contribution is 6.01. The van der Waals surface area contributed by atoms with Gasteiger partial charge in [0, 0.05) is 12.2 Å². The summed E-state index contributed by atoms with van der Waals surface area (Å²) in [4.78, 5) is 15.7. The van der Waals surface area contributed by atoms with Gasteiger partial charge in [-0.2, -0.15) is 18.3 Å². The maximum absolute atomic E-state index is 12.2. The molecule has 1 amide bonds. The molecule has 114 valence electrons. The van der Waals surface area contributed by atoms with E-state index in [-0.39, 0.29) is 17.7 Å². The van der Waals surface area contributed by atoms with Crippen LogP contribution in [0, 0.1) is 0 Å². The first-order valence-electron chi connectivity index (χ1n) is 6.07. The predicted octanol–water partition coefficient (Wildman–Crippen LogP) is 1.87. The third kappa shape index (κ3) is 4.04. The van der Waals surface area contributed by atoms with Crippen LogP contribution in [-0.2, 0) is 6.54 Å². The summed E-state index contributed by atoms with van der Waals surface area (Å²) < 4.78 is 38.8. The number of halogens is 3. The molecule has 0 aliphatic heterocycles. The molecule has 0 aliphatic carbocycles. The molecular formula is C11H13F3N6O. The molecule has 21 heavy (non-hydrogen) atoms. The number of rotatable bonds is 4. The Morgan fingerprint density at radius 3 is 2.67 bits per heavy atom. The zero-order chi connectivity index (χ0) is 15.6. The van der Waals surface area contributed by atoms with Crippen LogP contribution in [0.2, 0.25) is 0 Å². The van der Waals surface area contributed by atoms with Gasteiger partial charge in [0.15, 0.2) is 5.69 Å². The normalized spacial score (nSPS) is 11.9. The number of amides is 1. The van der Waals surface area contributed by atoms with Crippen molar-refractivity contribution >= 4 is 11.9 Å². The second-order valence-electron chi connectivity index (χ2n) is 4.61. The summed E-state index contributed by atoms with van der Waals surface area (Å²) in [5.74, 6) is -0.600. The van der Waals surface area contributed by atoms with Crippen molar-refractivity contribution in [1.82, 2.24) is 24.5 Å². The number of nitrogens with one attached hydrogen (secondary N) is 1. The fraction of sp³-hybridized carbons (Fsp3) is 0.455. The van der Waals surface area contributed by atoms with Crippen LogP contribution in [0.4, 0.5) is 19.1 Å². The highest BCUT2D eigenvalue weighted by Gasteiger charge is 2.28. The van der Waals surface area contributed by atoms with Gasteiger partial charge in [-0.3, -0.25) is 14.8 Å². The first-order valence-corrected chi connectivity index (χ1v) is 6.07. The van der Waals surface area contributed by atoms with Crippen LogP contribution in [0.3, 0.4) is 0 Å². The van der Waals surface area contributed by atoms with Gasteiger partial charge in [0.1, 0.15) is 12.9 Å². The molecule has 2 aromatic rings. The molecule has 0 saturated carbocycles. The molecule has 0 aliphatic rings. The van der Waals surface area contributed by atoms with Crippen LogP contribution in [0.1, 0.15) is 30.4 Å². The Morgan fingerprint density at radius 1 is 1.38 bits per heavy atom. The summed E-state index contributed by atoms with van der Waals surface area (Å²) in [6, 6.07) is 1.27. The Bertz CT molecular complexity index is 630. The summed E-state index contributed by atoms with van der Waals surface area (Å²) in [6.07, 6.45) is -1.86. The van der Waals surface area contributed by atoms with Gasteiger partial charge in [0.2, 0.25) is 5.95 Å². The minimum Gasteiger partial charge on any atom is -0.288 e. The third-order valence-corrected chi connectivity index (χ3v) is 2.48. The molecule has 0 bridgehead atoms. The SMILES string of the molecule is CC(C)n1cnc(NC(=O)c2ccn(CC(F)(F)F)n2)n1. The Hall–Kier alpha value is -2.39. The van der Waals surface area contributed by atoms with E-state index >= 15 is 0 Å². The molecule has 0 unspecified atom stereocenters. The largest absolute Gasteiger partial charge is 0.408 e. The van der Waals surface area contributed by atoms with Crippen LogP contribution in [0.15, 0.2) is 18.6 Å². The van der Waals surface area contributed by atoms with Gasteiger partial charge >= 0.3 is 6.18 Å². The highest BCUT2D eigenvalue weighted by Crippen LogP contribution is 2.17. The lowest BCUT2D eigenvalue weighted by molar-refractivity contribution is -0.142. The second-order valence-corrected chi connectivity index (χ2v) is 4.61. The zero-order valence-corrected chi connectivity index (χ0v) is 11.3. The number of hydrogen-bond donors (Lipinski definition) is 1. The van der Waals surface area contributed by atoms with Gasteiger partial charge in [0.05, 0.1) is 0 Å². The molecule has 2 heterocycles. The lowest BCUT2D eigenvalue weighted by Crippen LogP contribution is -2.19. The fourth-order valence-corrected chi connectivity index (χ4v) is 1.50. The Morgan fingerprint density at radius 2 is 2.10 bits per heavy atom. The van der Waals surface area contributed by atoms with Crippen LogP contribution in [-0.4, -0.2) is 36.6 Å². The molecule has 2 aromatic heterocycles. The maximum Gasteiger partial charge on any atom is 0.408 e. The molecule has 0 atom stereocenters. The molecule has 0 spiro atoms.